The zero-order chi connectivity index (χ0) is 14.0. The maximum absolute atomic E-state index is 12.7. The van der Waals surface area contributed by atoms with E-state index < -0.39 is 0 Å². The smallest absolute Gasteiger partial charge is 0.230 e. The Labute approximate surface area is 115 Å². The van der Waals surface area contributed by atoms with E-state index >= 15 is 0 Å². The van der Waals surface area contributed by atoms with Gasteiger partial charge in [-0.05, 0) is 24.3 Å². The van der Waals surface area contributed by atoms with Crippen LogP contribution in [0, 0.1) is 11.3 Å². The van der Waals surface area contributed by atoms with Crippen molar-refractivity contribution in [3.05, 3.63) is 18.5 Å². The summed E-state index contributed by atoms with van der Waals surface area (Å²) in [5, 5.41) is 0. The molecule has 2 N–H and O–H groups in total. The van der Waals surface area contributed by atoms with Crippen LogP contribution in [0.2, 0.25) is 0 Å². The standard InChI is InChI=1S/C15H23N3O/c1-15(2)8-5-4-6-11(15)14(19)18(3)13-7-9-17-10-12(13)16/h7,9-11H,4-6,8,16H2,1-3H3. The molecule has 0 radical (unpaired) electrons. The number of anilines is 2. The molecule has 0 aromatic carbocycles. The van der Waals surface area contributed by atoms with Crippen LogP contribution in [0.25, 0.3) is 0 Å². The van der Waals surface area contributed by atoms with Crippen molar-refractivity contribution < 1.29 is 4.79 Å². The number of carbonyl (C=O) groups is 1. The van der Waals surface area contributed by atoms with Gasteiger partial charge >= 0.3 is 0 Å². The molecule has 1 saturated carbocycles. The van der Waals surface area contributed by atoms with Gasteiger partial charge in [0.2, 0.25) is 5.91 Å². The number of nitrogens with zero attached hydrogens (tertiary/aromatic N) is 2. The third kappa shape index (κ3) is 2.72. The fourth-order valence-electron chi connectivity index (χ4n) is 3.01. The van der Waals surface area contributed by atoms with Gasteiger partial charge in [-0.25, -0.2) is 0 Å². The Hall–Kier alpha value is -1.58. The summed E-state index contributed by atoms with van der Waals surface area (Å²) in [7, 11) is 1.80. The zero-order valence-electron chi connectivity index (χ0n) is 12.0. The number of carbonyl (C=O) groups excluding carboxylic acids is 1. The number of pyridine rings is 1. The Morgan fingerprint density at radius 2 is 2.21 bits per heavy atom. The topological polar surface area (TPSA) is 59.2 Å². The van der Waals surface area contributed by atoms with E-state index in [-0.39, 0.29) is 17.2 Å². The first kappa shape index (κ1) is 13.8. The summed E-state index contributed by atoms with van der Waals surface area (Å²) in [5.41, 5.74) is 7.27. The van der Waals surface area contributed by atoms with Crippen LogP contribution in [0.15, 0.2) is 18.5 Å². The quantitative estimate of drug-likeness (QED) is 0.890. The molecular weight excluding hydrogens is 238 g/mol. The highest BCUT2D eigenvalue weighted by molar-refractivity contribution is 5.97. The number of nitrogen functional groups attached to an aromatic ring is 1. The van der Waals surface area contributed by atoms with E-state index in [1.807, 2.05) is 0 Å². The second kappa shape index (κ2) is 5.19. The molecule has 1 aliphatic rings. The van der Waals surface area contributed by atoms with E-state index in [0.29, 0.717) is 5.69 Å². The summed E-state index contributed by atoms with van der Waals surface area (Å²) in [4.78, 5) is 18.4. The van der Waals surface area contributed by atoms with Gasteiger partial charge in [-0.1, -0.05) is 26.7 Å². The Morgan fingerprint density at radius 1 is 1.47 bits per heavy atom. The molecule has 19 heavy (non-hydrogen) atoms. The summed E-state index contributed by atoms with van der Waals surface area (Å²) in [6.45, 7) is 4.39. The molecule has 104 valence electrons. The summed E-state index contributed by atoms with van der Waals surface area (Å²) in [6.07, 6.45) is 7.70. The van der Waals surface area contributed by atoms with E-state index in [1.165, 1.54) is 6.42 Å². The molecule has 1 aliphatic carbocycles. The SMILES string of the molecule is CN(C(=O)C1CCCCC1(C)C)c1ccncc1N. The molecule has 1 amide bonds. The number of nitrogens with two attached hydrogens (primary N) is 1. The largest absolute Gasteiger partial charge is 0.396 e. The summed E-state index contributed by atoms with van der Waals surface area (Å²) < 4.78 is 0. The zero-order valence-corrected chi connectivity index (χ0v) is 12.0. The molecule has 1 unspecified atom stereocenters. The van der Waals surface area contributed by atoms with Crippen molar-refractivity contribution in [3.63, 3.8) is 0 Å². The van der Waals surface area contributed by atoms with E-state index in [9.17, 15) is 4.79 Å². The maximum Gasteiger partial charge on any atom is 0.230 e. The fraction of sp³-hybridized carbons (Fsp3) is 0.600. The lowest BCUT2D eigenvalue weighted by molar-refractivity contribution is -0.127. The summed E-state index contributed by atoms with van der Waals surface area (Å²) in [5.74, 6) is 0.251. The molecule has 1 heterocycles. The van der Waals surface area contributed by atoms with E-state index in [4.69, 9.17) is 5.73 Å². The van der Waals surface area contributed by atoms with Crippen LogP contribution in [-0.4, -0.2) is 17.9 Å². The van der Waals surface area contributed by atoms with Crippen molar-refractivity contribution in [2.45, 2.75) is 39.5 Å². The van der Waals surface area contributed by atoms with Crippen LogP contribution < -0.4 is 10.6 Å². The predicted molar refractivity (Wildman–Crippen MR) is 77.8 cm³/mol. The van der Waals surface area contributed by atoms with Crippen molar-refractivity contribution >= 4 is 17.3 Å². The molecule has 4 nitrogen and oxygen atoms in total. The van der Waals surface area contributed by atoms with Crippen molar-refractivity contribution in [1.29, 1.82) is 0 Å². The second-order valence-corrected chi connectivity index (χ2v) is 6.12. The Bertz CT molecular complexity index is 470. The first-order valence-corrected chi connectivity index (χ1v) is 6.90. The molecule has 1 fully saturated rings. The Morgan fingerprint density at radius 3 is 2.84 bits per heavy atom. The molecule has 2 rings (SSSR count). The summed E-state index contributed by atoms with van der Waals surface area (Å²) in [6, 6.07) is 1.79. The molecule has 0 spiro atoms. The van der Waals surface area contributed by atoms with E-state index in [2.05, 4.69) is 18.8 Å². The maximum atomic E-state index is 12.7. The van der Waals surface area contributed by atoms with Crippen molar-refractivity contribution in [2.75, 3.05) is 17.7 Å². The van der Waals surface area contributed by atoms with Crippen LogP contribution >= 0.6 is 0 Å². The lowest BCUT2D eigenvalue weighted by atomic mass is 9.68. The average molecular weight is 261 g/mol. The van der Waals surface area contributed by atoms with Crippen LogP contribution in [0.4, 0.5) is 11.4 Å². The van der Waals surface area contributed by atoms with Gasteiger partial charge in [-0.2, -0.15) is 0 Å². The Balaban J connectivity index is 2.22. The first-order chi connectivity index (χ1) is 8.93. The van der Waals surface area contributed by atoms with Crippen LogP contribution in [0.1, 0.15) is 39.5 Å². The lowest BCUT2D eigenvalue weighted by Crippen LogP contribution is -2.42. The van der Waals surface area contributed by atoms with E-state index in [0.717, 1.165) is 24.9 Å². The predicted octanol–water partition coefficient (Wildman–Crippen LogP) is 2.84. The second-order valence-electron chi connectivity index (χ2n) is 6.12. The molecule has 1 aromatic rings. The van der Waals surface area contributed by atoms with Crippen LogP contribution in [0.3, 0.4) is 0 Å². The molecule has 0 saturated heterocycles. The van der Waals surface area contributed by atoms with Gasteiger partial charge in [0.05, 0.1) is 17.6 Å². The van der Waals surface area contributed by atoms with Gasteiger partial charge in [0.15, 0.2) is 0 Å². The van der Waals surface area contributed by atoms with Crippen LogP contribution in [0.5, 0.6) is 0 Å². The Kier molecular flexibility index (Phi) is 3.78. The van der Waals surface area contributed by atoms with Gasteiger partial charge in [0, 0.05) is 19.2 Å². The minimum absolute atomic E-state index is 0.0748. The molecule has 1 aromatic heterocycles. The number of hydrogen-bond acceptors (Lipinski definition) is 3. The molecular formula is C15H23N3O. The fourth-order valence-corrected chi connectivity index (χ4v) is 3.01. The molecule has 4 heteroatoms. The highest BCUT2D eigenvalue weighted by atomic mass is 16.2. The van der Waals surface area contributed by atoms with Crippen molar-refractivity contribution in [1.82, 2.24) is 4.98 Å². The highest BCUT2D eigenvalue weighted by Crippen LogP contribution is 2.42. The minimum Gasteiger partial charge on any atom is -0.396 e. The number of amides is 1. The molecule has 0 aliphatic heterocycles. The average Bonchev–Trinajstić information content (AvgIpc) is 2.37. The molecule has 0 bridgehead atoms. The van der Waals surface area contributed by atoms with Crippen LogP contribution in [-0.2, 0) is 4.79 Å². The lowest BCUT2D eigenvalue weighted by Gasteiger charge is -2.39. The van der Waals surface area contributed by atoms with E-state index in [1.54, 1.807) is 30.4 Å². The van der Waals surface area contributed by atoms with Gasteiger partial charge in [0.25, 0.3) is 0 Å². The first-order valence-electron chi connectivity index (χ1n) is 6.90. The monoisotopic (exact) mass is 261 g/mol. The highest BCUT2D eigenvalue weighted by Gasteiger charge is 2.38. The third-order valence-electron chi connectivity index (χ3n) is 4.33. The third-order valence-corrected chi connectivity index (χ3v) is 4.33. The van der Waals surface area contributed by atoms with Gasteiger partial charge in [-0.15, -0.1) is 0 Å². The number of hydrogen-bond donors (Lipinski definition) is 1. The van der Waals surface area contributed by atoms with Gasteiger partial charge < -0.3 is 10.6 Å². The number of aromatic nitrogens is 1. The van der Waals surface area contributed by atoms with Crippen molar-refractivity contribution in [2.24, 2.45) is 11.3 Å². The van der Waals surface area contributed by atoms with Gasteiger partial charge in [-0.3, -0.25) is 9.78 Å². The molecule has 1 atom stereocenters. The normalized spacial score (nSPS) is 21.9. The van der Waals surface area contributed by atoms with Gasteiger partial charge in [0.1, 0.15) is 0 Å². The summed E-state index contributed by atoms with van der Waals surface area (Å²) >= 11 is 0. The number of rotatable bonds is 2. The van der Waals surface area contributed by atoms with Crippen molar-refractivity contribution in [3.8, 4) is 0 Å². The minimum atomic E-state index is 0.0748.